The van der Waals surface area contributed by atoms with E-state index in [2.05, 4.69) is 33.0 Å². The Balaban J connectivity index is 3.40. The topological polar surface area (TPSA) is 12.0 Å². The van der Waals surface area contributed by atoms with Crippen LogP contribution in [0.3, 0.4) is 0 Å². The van der Waals surface area contributed by atoms with Crippen molar-refractivity contribution in [3.8, 4) is 0 Å². The van der Waals surface area contributed by atoms with Crippen LogP contribution in [-0.2, 0) is 0 Å². The van der Waals surface area contributed by atoms with E-state index in [0.717, 1.165) is 18.4 Å². The maximum atomic E-state index is 3.38. The van der Waals surface area contributed by atoms with Crippen LogP contribution in [0.25, 0.3) is 0 Å². The van der Waals surface area contributed by atoms with Crippen molar-refractivity contribution in [3.05, 3.63) is 0 Å². The molecular weight excluding hydrogens is 122 g/mol. The zero-order chi connectivity index (χ0) is 7.98. The molecule has 1 nitrogen and oxygen atoms in total. The fourth-order valence-electron chi connectivity index (χ4n) is 1.18. The average Bonchev–Trinajstić information content (AvgIpc) is 1.89. The lowest BCUT2D eigenvalue weighted by atomic mass is 9.93. The van der Waals surface area contributed by atoms with E-state index in [1.807, 2.05) is 0 Å². The predicted octanol–water partition coefficient (Wildman–Crippen LogP) is 2.28. The van der Waals surface area contributed by atoms with Crippen molar-refractivity contribution in [1.29, 1.82) is 0 Å². The minimum atomic E-state index is 0.823. The number of hydrogen-bond donors (Lipinski definition) is 1. The van der Waals surface area contributed by atoms with Crippen LogP contribution in [0.4, 0.5) is 0 Å². The van der Waals surface area contributed by atoms with E-state index in [4.69, 9.17) is 0 Å². The zero-order valence-electron chi connectivity index (χ0n) is 7.78. The highest BCUT2D eigenvalue weighted by Gasteiger charge is 2.08. The van der Waals surface area contributed by atoms with Crippen molar-refractivity contribution in [2.75, 3.05) is 13.1 Å². The second-order valence-electron chi connectivity index (χ2n) is 3.22. The number of rotatable bonds is 5. The molecule has 0 radical (unpaired) electrons. The largest absolute Gasteiger partial charge is 0.317 e. The molecule has 62 valence electrons. The van der Waals surface area contributed by atoms with Crippen molar-refractivity contribution >= 4 is 0 Å². The standard InChI is InChI=1S/C9H21N/c1-5-9(8(3)4)7-10-6-2/h8-10H,5-7H2,1-4H3/t9-/m0/s1. The molecule has 0 heterocycles. The highest BCUT2D eigenvalue weighted by molar-refractivity contribution is 4.63. The third-order valence-electron chi connectivity index (χ3n) is 2.12. The summed E-state index contributed by atoms with van der Waals surface area (Å²) in [6, 6.07) is 0. The third kappa shape index (κ3) is 3.89. The van der Waals surface area contributed by atoms with Crippen LogP contribution in [0.15, 0.2) is 0 Å². The average molecular weight is 143 g/mol. The van der Waals surface area contributed by atoms with Crippen LogP contribution in [0.1, 0.15) is 34.1 Å². The van der Waals surface area contributed by atoms with Crippen molar-refractivity contribution in [2.24, 2.45) is 11.8 Å². The molecule has 0 spiro atoms. The van der Waals surface area contributed by atoms with E-state index in [0.29, 0.717) is 0 Å². The molecule has 0 aromatic heterocycles. The molecule has 0 unspecified atom stereocenters. The van der Waals surface area contributed by atoms with E-state index >= 15 is 0 Å². The maximum Gasteiger partial charge on any atom is -0.00183 e. The predicted molar refractivity (Wildman–Crippen MR) is 47.2 cm³/mol. The molecule has 0 aliphatic rings. The van der Waals surface area contributed by atoms with Crippen molar-refractivity contribution in [2.45, 2.75) is 34.1 Å². The van der Waals surface area contributed by atoms with Crippen LogP contribution < -0.4 is 5.32 Å². The molecule has 0 aromatic carbocycles. The fraction of sp³-hybridized carbons (Fsp3) is 1.00. The quantitative estimate of drug-likeness (QED) is 0.622. The monoisotopic (exact) mass is 143 g/mol. The Labute approximate surface area is 65.2 Å². The molecule has 0 aliphatic carbocycles. The van der Waals surface area contributed by atoms with Gasteiger partial charge in [0.1, 0.15) is 0 Å². The third-order valence-corrected chi connectivity index (χ3v) is 2.12. The van der Waals surface area contributed by atoms with Gasteiger partial charge < -0.3 is 5.32 Å². The first kappa shape index (κ1) is 9.96. The van der Waals surface area contributed by atoms with Gasteiger partial charge in [0.25, 0.3) is 0 Å². The van der Waals surface area contributed by atoms with Crippen LogP contribution in [-0.4, -0.2) is 13.1 Å². The van der Waals surface area contributed by atoms with Gasteiger partial charge in [-0.2, -0.15) is 0 Å². The van der Waals surface area contributed by atoms with Crippen LogP contribution >= 0.6 is 0 Å². The minimum Gasteiger partial charge on any atom is -0.317 e. The van der Waals surface area contributed by atoms with E-state index in [1.54, 1.807) is 0 Å². The molecule has 0 aliphatic heterocycles. The minimum absolute atomic E-state index is 0.823. The van der Waals surface area contributed by atoms with Gasteiger partial charge in [0.15, 0.2) is 0 Å². The first-order valence-corrected chi connectivity index (χ1v) is 4.43. The maximum absolute atomic E-state index is 3.38. The van der Waals surface area contributed by atoms with Gasteiger partial charge in [-0.1, -0.05) is 34.1 Å². The highest BCUT2D eigenvalue weighted by Crippen LogP contribution is 2.12. The Morgan fingerprint density at radius 1 is 1.20 bits per heavy atom. The molecule has 1 N–H and O–H groups in total. The summed E-state index contributed by atoms with van der Waals surface area (Å²) in [6.07, 6.45) is 1.30. The van der Waals surface area contributed by atoms with Crippen LogP contribution in [0.2, 0.25) is 0 Å². The molecule has 0 rings (SSSR count). The summed E-state index contributed by atoms with van der Waals surface area (Å²) in [4.78, 5) is 0. The molecule has 0 saturated heterocycles. The molecule has 0 bridgehead atoms. The summed E-state index contributed by atoms with van der Waals surface area (Å²) in [5.41, 5.74) is 0. The van der Waals surface area contributed by atoms with Gasteiger partial charge in [-0.25, -0.2) is 0 Å². The SMILES string of the molecule is CCNC[C@H](CC)C(C)C. The Morgan fingerprint density at radius 3 is 2.10 bits per heavy atom. The van der Waals surface area contributed by atoms with Gasteiger partial charge >= 0.3 is 0 Å². The second kappa shape index (κ2) is 5.72. The molecule has 10 heavy (non-hydrogen) atoms. The summed E-state index contributed by atoms with van der Waals surface area (Å²) < 4.78 is 0. The molecule has 0 amide bonds. The van der Waals surface area contributed by atoms with Crippen molar-refractivity contribution in [1.82, 2.24) is 5.32 Å². The molecular formula is C9H21N. The Kier molecular flexibility index (Phi) is 5.70. The van der Waals surface area contributed by atoms with Gasteiger partial charge in [0.05, 0.1) is 0 Å². The molecule has 0 fully saturated rings. The Morgan fingerprint density at radius 2 is 1.80 bits per heavy atom. The molecule has 0 aromatic rings. The summed E-state index contributed by atoms with van der Waals surface area (Å²) in [5.74, 6) is 1.68. The van der Waals surface area contributed by atoms with Gasteiger partial charge in [-0.15, -0.1) is 0 Å². The molecule has 0 saturated carbocycles. The van der Waals surface area contributed by atoms with Crippen LogP contribution in [0, 0.1) is 11.8 Å². The van der Waals surface area contributed by atoms with Gasteiger partial charge in [0, 0.05) is 0 Å². The van der Waals surface area contributed by atoms with Gasteiger partial charge in [-0.05, 0) is 24.9 Å². The van der Waals surface area contributed by atoms with Crippen molar-refractivity contribution in [3.63, 3.8) is 0 Å². The van der Waals surface area contributed by atoms with E-state index in [9.17, 15) is 0 Å². The van der Waals surface area contributed by atoms with E-state index in [-0.39, 0.29) is 0 Å². The summed E-state index contributed by atoms with van der Waals surface area (Å²) >= 11 is 0. The molecule has 1 atom stereocenters. The van der Waals surface area contributed by atoms with E-state index in [1.165, 1.54) is 13.0 Å². The lowest BCUT2D eigenvalue weighted by Crippen LogP contribution is -2.25. The second-order valence-corrected chi connectivity index (χ2v) is 3.22. The number of nitrogens with one attached hydrogen (secondary N) is 1. The smallest absolute Gasteiger partial charge is 0.00183 e. The number of hydrogen-bond acceptors (Lipinski definition) is 1. The summed E-state index contributed by atoms with van der Waals surface area (Å²) in [6.45, 7) is 11.3. The first-order valence-electron chi connectivity index (χ1n) is 4.43. The summed E-state index contributed by atoms with van der Waals surface area (Å²) in [5, 5.41) is 3.38. The van der Waals surface area contributed by atoms with E-state index < -0.39 is 0 Å². The first-order chi connectivity index (χ1) is 4.72. The fourth-order valence-corrected chi connectivity index (χ4v) is 1.18. The highest BCUT2D eigenvalue weighted by atomic mass is 14.8. The Hall–Kier alpha value is -0.0400. The lowest BCUT2D eigenvalue weighted by molar-refractivity contribution is 0.355. The Bertz CT molecular complexity index is 69.1. The summed E-state index contributed by atoms with van der Waals surface area (Å²) in [7, 11) is 0. The normalized spacial score (nSPS) is 14.1. The lowest BCUT2D eigenvalue weighted by Gasteiger charge is -2.18. The van der Waals surface area contributed by atoms with Gasteiger partial charge in [-0.3, -0.25) is 0 Å². The zero-order valence-corrected chi connectivity index (χ0v) is 7.78. The van der Waals surface area contributed by atoms with Crippen molar-refractivity contribution < 1.29 is 0 Å². The van der Waals surface area contributed by atoms with Gasteiger partial charge in [0.2, 0.25) is 0 Å². The van der Waals surface area contributed by atoms with Crippen LogP contribution in [0.5, 0.6) is 0 Å². The molecule has 1 heteroatoms.